The smallest absolute Gasteiger partial charge is 0.0492 e. The predicted molar refractivity (Wildman–Crippen MR) is 56.1 cm³/mol. The van der Waals surface area contributed by atoms with E-state index in [0.717, 1.165) is 31.2 Å². The minimum atomic E-state index is -0.923. The van der Waals surface area contributed by atoms with Gasteiger partial charge in [-0.3, -0.25) is 0 Å². The molecule has 2 nitrogen and oxygen atoms in total. The zero-order chi connectivity index (χ0) is 10.7. The molecule has 0 aliphatic heterocycles. The Morgan fingerprint density at radius 1 is 1.20 bits per heavy atom. The van der Waals surface area contributed by atoms with Crippen LogP contribution in [0.4, 0.5) is 0 Å². The largest absolute Gasteiger partial charge is 0.549 e. The maximum Gasteiger partial charge on any atom is 0.0492 e. The van der Waals surface area contributed by atoms with Crippen molar-refractivity contribution in [3.63, 3.8) is 0 Å². The predicted octanol–water partition coefficient (Wildman–Crippen LogP) is 1.71. The Labute approximate surface area is 89.9 Å². The van der Waals surface area contributed by atoms with Crippen molar-refractivity contribution in [3.8, 4) is 0 Å². The van der Waals surface area contributed by atoms with Crippen molar-refractivity contribution >= 4 is 5.97 Å². The van der Waals surface area contributed by atoms with Gasteiger partial charge in [0.2, 0.25) is 0 Å². The van der Waals surface area contributed by atoms with Gasteiger partial charge in [0.15, 0.2) is 0 Å². The zero-order valence-electron chi connectivity index (χ0n) is 8.69. The molecule has 1 fully saturated rings. The lowest BCUT2D eigenvalue weighted by atomic mass is 9.85. The van der Waals surface area contributed by atoms with Crippen LogP contribution in [-0.4, -0.2) is 5.97 Å². The summed E-state index contributed by atoms with van der Waals surface area (Å²) in [5.41, 5.74) is 0.893. The Morgan fingerprint density at radius 3 is 2.33 bits per heavy atom. The van der Waals surface area contributed by atoms with Gasteiger partial charge in [0.05, 0.1) is 0 Å². The van der Waals surface area contributed by atoms with E-state index in [1.807, 2.05) is 30.3 Å². The molecule has 1 aromatic carbocycles. The van der Waals surface area contributed by atoms with Gasteiger partial charge in [0, 0.05) is 11.9 Å². The molecule has 1 saturated carbocycles. The lowest BCUT2D eigenvalue weighted by molar-refractivity contribution is -0.309. The first-order chi connectivity index (χ1) is 7.29. The van der Waals surface area contributed by atoms with Crippen LogP contribution in [0.25, 0.3) is 0 Å². The van der Waals surface area contributed by atoms with Crippen LogP contribution >= 0.6 is 0 Å². The zero-order valence-corrected chi connectivity index (χ0v) is 8.69. The number of rotatable bonds is 3. The normalized spacial score (nSPS) is 18.9. The monoisotopic (exact) mass is 203 g/mol. The molecule has 1 aliphatic rings. The Bertz CT molecular complexity index is 326. The van der Waals surface area contributed by atoms with Gasteiger partial charge < -0.3 is 9.90 Å². The molecule has 0 heterocycles. The van der Waals surface area contributed by atoms with E-state index in [9.17, 15) is 9.90 Å². The molecule has 0 N–H and O–H groups in total. The van der Waals surface area contributed by atoms with Crippen LogP contribution in [-0.2, 0) is 4.79 Å². The lowest BCUT2D eigenvalue weighted by Gasteiger charge is -2.24. The van der Waals surface area contributed by atoms with Gasteiger partial charge >= 0.3 is 0 Å². The Kier molecular flexibility index (Phi) is 3.05. The molecule has 0 bridgehead atoms. The van der Waals surface area contributed by atoms with Gasteiger partial charge in [0.1, 0.15) is 0 Å². The van der Waals surface area contributed by atoms with Crippen molar-refractivity contribution in [1.29, 1.82) is 0 Å². The number of carboxylic acid groups (broad SMARTS) is 1. The number of benzene rings is 1. The van der Waals surface area contributed by atoms with Gasteiger partial charge in [-0.15, -0.1) is 0 Å². The summed E-state index contributed by atoms with van der Waals surface area (Å²) < 4.78 is 0. The molecule has 2 heteroatoms. The average Bonchev–Trinajstić information content (AvgIpc) is 2.72. The first kappa shape index (κ1) is 10.2. The molecule has 80 valence electrons. The minimum Gasteiger partial charge on any atom is -0.549 e. The summed E-state index contributed by atoms with van der Waals surface area (Å²) in [5, 5.41) is 11.2. The van der Waals surface area contributed by atoms with Gasteiger partial charge in [0.25, 0.3) is 0 Å². The highest BCUT2D eigenvalue weighted by Gasteiger charge is 2.26. The summed E-state index contributed by atoms with van der Waals surface area (Å²) >= 11 is 0. The fraction of sp³-hybridized carbons (Fsp3) is 0.462. The molecule has 0 spiro atoms. The van der Waals surface area contributed by atoms with E-state index in [1.165, 1.54) is 0 Å². The van der Waals surface area contributed by atoms with Gasteiger partial charge in [-0.1, -0.05) is 43.2 Å². The highest BCUT2D eigenvalue weighted by molar-refractivity contribution is 5.74. The second kappa shape index (κ2) is 4.47. The molecule has 2 rings (SSSR count). The van der Waals surface area contributed by atoms with E-state index in [1.54, 1.807) is 0 Å². The van der Waals surface area contributed by atoms with Crippen molar-refractivity contribution < 1.29 is 9.90 Å². The van der Waals surface area contributed by atoms with Crippen molar-refractivity contribution in [2.75, 3.05) is 0 Å². The molecule has 0 radical (unpaired) electrons. The Balaban J connectivity index is 2.23. The fourth-order valence-corrected chi connectivity index (χ4v) is 2.55. The van der Waals surface area contributed by atoms with Crippen LogP contribution in [0.5, 0.6) is 0 Å². The Morgan fingerprint density at radius 2 is 1.80 bits per heavy atom. The van der Waals surface area contributed by atoms with Gasteiger partial charge in [-0.05, 0) is 24.3 Å². The average molecular weight is 203 g/mol. The van der Waals surface area contributed by atoms with E-state index in [0.29, 0.717) is 0 Å². The molecule has 1 aromatic rings. The SMILES string of the molecule is O=C([O-])[C@@H](c1ccccc1)C1CCCC1. The number of hydrogen-bond acceptors (Lipinski definition) is 2. The molecular weight excluding hydrogens is 188 g/mol. The second-order valence-electron chi connectivity index (χ2n) is 4.25. The van der Waals surface area contributed by atoms with E-state index in [-0.39, 0.29) is 5.92 Å². The van der Waals surface area contributed by atoms with Crippen LogP contribution in [0, 0.1) is 5.92 Å². The standard InChI is InChI=1S/C13H16O2/c14-13(15)12(11-8-4-5-9-11)10-6-2-1-3-7-10/h1-3,6-7,11-12H,4-5,8-9H2,(H,14,15)/p-1/t12-/m0/s1. The molecular formula is C13H15O2-. The van der Waals surface area contributed by atoms with Crippen LogP contribution in [0.15, 0.2) is 30.3 Å². The van der Waals surface area contributed by atoms with Gasteiger partial charge in [-0.2, -0.15) is 0 Å². The van der Waals surface area contributed by atoms with Crippen molar-refractivity contribution in [1.82, 2.24) is 0 Å². The topological polar surface area (TPSA) is 40.1 Å². The number of carbonyl (C=O) groups is 1. The van der Waals surface area contributed by atoms with Crippen molar-refractivity contribution in [2.24, 2.45) is 5.92 Å². The third-order valence-electron chi connectivity index (χ3n) is 3.28. The molecule has 0 unspecified atom stereocenters. The molecule has 0 aromatic heterocycles. The number of aliphatic carboxylic acids is 1. The van der Waals surface area contributed by atoms with Gasteiger partial charge in [-0.25, -0.2) is 0 Å². The summed E-state index contributed by atoms with van der Waals surface area (Å²) in [6.07, 6.45) is 4.35. The van der Waals surface area contributed by atoms with E-state index < -0.39 is 11.9 Å². The van der Waals surface area contributed by atoms with Crippen LogP contribution < -0.4 is 5.11 Å². The van der Waals surface area contributed by atoms with E-state index >= 15 is 0 Å². The second-order valence-corrected chi connectivity index (χ2v) is 4.25. The number of carbonyl (C=O) groups excluding carboxylic acids is 1. The summed E-state index contributed by atoms with van der Waals surface area (Å²) in [6, 6.07) is 9.46. The first-order valence-electron chi connectivity index (χ1n) is 5.55. The molecule has 1 aliphatic carbocycles. The third kappa shape index (κ3) is 2.20. The quantitative estimate of drug-likeness (QED) is 0.750. The summed E-state index contributed by atoms with van der Waals surface area (Å²) in [5.74, 6) is -1.06. The third-order valence-corrected chi connectivity index (χ3v) is 3.28. The maximum atomic E-state index is 11.2. The first-order valence-corrected chi connectivity index (χ1v) is 5.55. The number of carboxylic acids is 1. The molecule has 1 atom stereocenters. The van der Waals surface area contributed by atoms with Crippen LogP contribution in [0.3, 0.4) is 0 Å². The molecule has 0 amide bonds. The van der Waals surface area contributed by atoms with E-state index in [4.69, 9.17) is 0 Å². The summed E-state index contributed by atoms with van der Waals surface area (Å²) in [6.45, 7) is 0. The highest BCUT2D eigenvalue weighted by Crippen LogP contribution is 2.36. The number of hydrogen-bond donors (Lipinski definition) is 0. The maximum absolute atomic E-state index is 11.2. The fourth-order valence-electron chi connectivity index (χ4n) is 2.55. The highest BCUT2D eigenvalue weighted by atomic mass is 16.4. The van der Waals surface area contributed by atoms with Crippen LogP contribution in [0.1, 0.15) is 37.2 Å². The lowest BCUT2D eigenvalue weighted by Crippen LogP contribution is -2.33. The summed E-state index contributed by atoms with van der Waals surface area (Å²) in [4.78, 5) is 11.2. The minimum absolute atomic E-state index is 0.275. The Hall–Kier alpha value is -1.31. The molecule has 0 saturated heterocycles. The molecule has 15 heavy (non-hydrogen) atoms. The summed E-state index contributed by atoms with van der Waals surface area (Å²) in [7, 11) is 0. The van der Waals surface area contributed by atoms with Crippen molar-refractivity contribution in [2.45, 2.75) is 31.6 Å². The van der Waals surface area contributed by atoms with Crippen molar-refractivity contribution in [3.05, 3.63) is 35.9 Å². The van der Waals surface area contributed by atoms with Crippen LogP contribution in [0.2, 0.25) is 0 Å². The van der Waals surface area contributed by atoms with E-state index in [2.05, 4.69) is 0 Å².